The van der Waals surface area contributed by atoms with Gasteiger partial charge in [0.15, 0.2) is 0 Å². The van der Waals surface area contributed by atoms with Gasteiger partial charge < -0.3 is 20.7 Å². The highest BCUT2D eigenvalue weighted by molar-refractivity contribution is 5.96. The molecular formula is C14H19N3O3. The van der Waals surface area contributed by atoms with Gasteiger partial charge in [-0.15, -0.1) is 0 Å². The lowest BCUT2D eigenvalue weighted by molar-refractivity contribution is -0.134. The lowest BCUT2D eigenvalue weighted by Gasteiger charge is -2.26. The molecule has 0 atom stereocenters. The summed E-state index contributed by atoms with van der Waals surface area (Å²) in [4.78, 5) is 25.5. The van der Waals surface area contributed by atoms with Crippen LogP contribution in [-0.2, 0) is 16.1 Å². The highest BCUT2D eigenvalue weighted by Gasteiger charge is 2.17. The van der Waals surface area contributed by atoms with Crippen LogP contribution in [0.15, 0.2) is 24.3 Å². The van der Waals surface area contributed by atoms with Crippen molar-refractivity contribution in [2.45, 2.75) is 6.54 Å². The molecule has 1 aromatic carbocycles. The van der Waals surface area contributed by atoms with Crippen molar-refractivity contribution in [3.63, 3.8) is 0 Å². The monoisotopic (exact) mass is 277 g/mol. The largest absolute Gasteiger partial charge is 0.378 e. The maximum atomic E-state index is 11.9. The van der Waals surface area contributed by atoms with Crippen molar-refractivity contribution in [2.24, 2.45) is 5.73 Å². The maximum Gasteiger partial charge on any atom is 0.251 e. The number of benzene rings is 1. The van der Waals surface area contributed by atoms with E-state index < -0.39 is 0 Å². The number of amides is 2. The second kappa shape index (κ2) is 7.02. The van der Waals surface area contributed by atoms with Gasteiger partial charge in [-0.05, 0) is 17.7 Å². The van der Waals surface area contributed by atoms with Gasteiger partial charge in [0.05, 0.1) is 19.8 Å². The summed E-state index contributed by atoms with van der Waals surface area (Å²) in [5, 5.41) is 2.63. The molecule has 2 amide bonds. The van der Waals surface area contributed by atoms with Crippen LogP contribution in [0.4, 0.5) is 0 Å². The number of rotatable bonds is 4. The molecule has 0 aliphatic carbocycles. The van der Waals surface area contributed by atoms with Gasteiger partial charge in [-0.3, -0.25) is 9.59 Å². The molecule has 6 nitrogen and oxygen atoms in total. The van der Waals surface area contributed by atoms with E-state index >= 15 is 0 Å². The molecule has 6 heteroatoms. The van der Waals surface area contributed by atoms with E-state index in [1.54, 1.807) is 29.2 Å². The molecule has 3 N–H and O–H groups in total. The van der Waals surface area contributed by atoms with Gasteiger partial charge in [0.25, 0.3) is 5.91 Å². The number of nitrogens with zero attached hydrogens (tertiary/aromatic N) is 1. The Balaban J connectivity index is 1.83. The molecule has 20 heavy (non-hydrogen) atoms. The third-order valence-corrected chi connectivity index (χ3v) is 3.22. The molecule has 1 aromatic rings. The van der Waals surface area contributed by atoms with Crippen LogP contribution < -0.4 is 11.1 Å². The first-order valence-electron chi connectivity index (χ1n) is 6.63. The van der Waals surface area contributed by atoms with Crippen LogP contribution in [0.25, 0.3) is 0 Å². The molecule has 0 aromatic heterocycles. The molecule has 1 heterocycles. The lowest BCUT2D eigenvalue weighted by Crippen LogP contribution is -2.45. The Morgan fingerprint density at radius 2 is 1.85 bits per heavy atom. The second-order valence-electron chi connectivity index (χ2n) is 4.58. The van der Waals surface area contributed by atoms with E-state index in [1.165, 1.54) is 0 Å². The van der Waals surface area contributed by atoms with Crippen LogP contribution in [-0.4, -0.2) is 49.6 Å². The number of hydrogen-bond acceptors (Lipinski definition) is 4. The summed E-state index contributed by atoms with van der Waals surface area (Å²) in [7, 11) is 0. The molecule has 0 spiro atoms. The first-order chi connectivity index (χ1) is 9.70. The Hall–Kier alpha value is -1.92. The lowest BCUT2D eigenvalue weighted by atomic mass is 10.1. The van der Waals surface area contributed by atoms with E-state index in [1.807, 2.05) is 0 Å². The number of carbonyl (C=O) groups excluding carboxylic acids is 2. The van der Waals surface area contributed by atoms with Gasteiger partial charge in [0, 0.05) is 25.2 Å². The Morgan fingerprint density at radius 3 is 2.45 bits per heavy atom. The minimum atomic E-state index is -0.254. The molecular weight excluding hydrogens is 258 g/mol. The highest BCUT2D eigenvalue weighted by Crippen LogP contribution is 2.03. The summed E-state index contributed by atoms with van der Waals surface area (Å²) in [6, 6.07) is 7.02. The summed E-state index contributed by atoms with van der Waals surface area (Å²) in [5.41, 5.74) is 6.98. The van der Waals surface area contributed by atoms with Crippen LogP contribution in [0.3, 0.4) is 0 Å². The van der Waals surface area contributed by atoms with E-state index in [9.17, 15) is 9.59 Å². The van der Waals surface area contributed by atoms with Crippen molar-refractivity contribution >= 4 is 11.8 Å². The molecule has 1 aliphatic heterocycles. The standard InChI is InChI=1S/C14H19N3O3/c15-9-11-1-3-12(4-2-11)14(19)16-10-13(18)17-5-7-20-8-6-17/h1-4H,5-10,15H2,(H,16,19). The normalized spacial score (nSPS) is 14.9. The Kier molecular flexibility index (Phi) is 5.09. The quantitative estimate of drug-likeness (QED) is 0.793. The third kappa shape index (κ3) is 3.79. The molecule has 1 fully saturated rings. The number of hydrogen-bond donors (Lipinski definition) is 2. The summed E-state index contributed by atoms with van der Waals surface area (Å²) in [5.74, 6) is -0.338. The van der Waals surface area contributed by atoms with Crippen LogP contribution in [0.1, 0.15) is 15.9 Å². The van der Waals surface area contributed by atoms with Crippen LogP contribution >= 0.6 is 0 Å². The predicted molar refractivity (Wildman–Crippen MR) is 74.1 cm³/mol. The van der Waals surface area contributed by atoms with E-state index in [-0.39, 0.29) is 18.4 Å². The number of nitrogens with one attached hydrogen (secondary N) is 1. The molecule has 2 rings (SSSR count). The van der Waals surface area contributed by atoms with Gasteiger partial charge in [-0.2, -0.15) is 0 Å². The number of morpholine rings is 1. The van der Waals surface area contributed by atoms with Gasteiger partial charge in [-0.1, -0.05) is 12.1 Å². The number of nitrogens with two attached hydrogens (primary N) is 1. The first kappa shape index (κ1) is 14.5. The molecule has 1 saturated heterocycles. The highest BCUT2D eigenvalue weighted by atomic mass is 16.5. The number of carbonyl (C=O) groups is 2. The van der Waals surface area contributed by atoms with Crippen molar-refractivity contribution in [1.82, 2.24) is 10.2 Å². The summed E-state index contributed by atoms with van der Waals surface area (Å²) >= 11 is 0. The van der Waals surface area contributed by atoms with Crippen LogP contribution in [0.2, 0.25) is 0 Å². The molecule has 0 radical (unpaired) electrons. The summed E-state index contributed by atoms with van der Waals surface area (Å²) < 4.78 is 5.18. The third-order valence-electron chi connectivity index (χ3n) is 3.22. The van der Waals surface area contributed by atoms with Gasteiger partial charge in [0.2, 0.25) is 5.91 Å². The van der Waals surface area contributed by atoms with E-state index in [2.05, 4.69) is 5.32 Å². The second-order valence-corrected chi connectivity index (χ2v) is 4.58. The summed E-state index contributed by atoms with van der Waals surface area (Å²) in [6.07, 6.45) is 0. The molecule has 0 saturated carbocycles. The number of ether oxygens (including phenoxy) is 1. The van der Waals surface area contributed by atoms with Crippen molar-refractivity contribution in [3.05, 3.63) is 35.4 Å². The van der Waals surface area contributed by atoms with Crippen molar-refractivity contribution in [2.75, 3.05) is 32.8 Å². The van der Waals surface area contributed by atoms with Crippen LogP contribution in [0.5, 0.6) is 0 Å². The first-order valence-corrected chi connectivity index (χ1v) is 6.63. The van der Waals surface area contributed by atoms with Crippen molar-refractivity contribution in [1.29, 1.82) is 0 Å². The Labute approximate surface area is 117 Å². The van der Waals surface area contributed by atoms with Gasteiger partial charge in [-0.25, -0.2) is 0 Å². The molecule has 1 aliphatic rings. The Morgan fingerprint density at radius 1 is 1.20 bits per heavy atom. The SMILES string of the molecule is NCc1ccc(C(=O)NCC(=O)N2CCOCC2)cc1. The molecule has 108 valence electrons. The van der Waals surface area contributed by atoms with Crippen molar-refractivity contribution < 1.29 is 14.3 Å². The van der Waals surface area contributed by atoms with Gasteiger partial charge in [0.1, 0.15) is 0 Å². The average molecular weight is 277 g/mol. The van der Waals surface area contributed by atoms with E-state index in [0.717, 1.165) is 5.56 Å². The Bertz CT molecular complexity index is 467. The summed E-state index contributed by atoms with van der Waals surface area (Å²) in [6.45, 7) is 2.73. The maximum absolute atomic E-state index is 11.9. The average Bonchev–Trinajstić information content (AvgIpc) is 2.53. The van der Waals surface area contributed by atoms with Crippen molar-refractivity contribution in [3.8, 4) is 0 Å². The van der Waals surface area contributed by atoms with Crippen LogP contribution in [0, 0.1) is 0 Å². The zero-order valence-corrected chi connectivity index (χ0v) is 11.3. The minimum absolute atomic E-state index is 0.0114. The predicted octanol–water partition coefficient (Wildman–Crippen LogP) is -0.266. The zero-order chi connectivity index (χ0) is 14.4. The van der Waals surface area contributed by atoms with Gasteiger partial charge >= 0.3 is 0 Å². The topological polar surface area (TPSA) is 84.7 Å². The van der Waals surface area contributed by atoms with E-state index in [4.69, 9.17) is 10.5 Å². The fourth-order valence-electron chi connectivity index (χ4n) is 1.97. The molecule has 0 bridgehead atoms. The molecule has 0 unspecified atom stereocenters. The van der Waals surface area contributed by atoms with E-state index in [0.29, 0.717) is 38.4 Å². The fraction of sp³-hybridized carbons (Fsp3) is 0.429. The minimum Gasteiger partial charge on any atom is -0.378 e. The zero-order valence-electron chi connectivity index (χ0n) is 11.3. The smallest absolute Gasteiger partial charge is 0.251 e. The fourth-order valence-corrected chi connectivity index (χ4v) is 1.97.